The summed E-state index contributed by atoms with van der Waals surface area (Å²) in [5, 5.41) is 0. The molecule has 0 bridgehead atoms. The first-order chi connectivity index (χ1) is 16.8. The van der Waals surface area contributed by atoms with E-state index in [-0.39, 0.29) is 12.2 Å². The molecule has 0 saturated carbocycles. The van der Waals surface area contributed by atoms with E-state index in [4.69, 9.17) is 9.47 Å². The Hall–Kier alpha value is -1.64. The van der Waals surface area contributed by atoms with Crippen LogP contribution in [0.4, 0.5) is 0 Å². The number of aromatic nitrogens is 1. The summed E-state index contributed by atoms with van der Waals surface area (Å²) in [6.07, 6.45) is 3.87. The maximum atomic E-state index is 13.7. The van der Waals surface area contributed by atoms with Crippen LogP contribution in [0.2, 0.25) is 0 Å². The number of hydrogen-bond acceptors (Lipinski definition) is 7. The van der Waals surface area contributed by atoms with Gasteiger partial charge in [0, 0.05) is 4.90 Å². The van der Waals surface area contributed by atoms with Crippen LogP contribution in [0.1, 0.15) is 31.0 Å². The van der Waals surface area contributed by atoms with Gasteiger partial charge in [0.15, 0.2) is 4.80 Å². The lowest BCUT2D eigenvalue weighted by Crippen LogP contribution is -2.39. The van der Waals surface area contributed by atoms with Gasteiger partial charge >= 0.3 is 5.97 Å². The normalized spacial score (nSPS) is 15.6. The number of esters is 1. The zero-order valence-electron chi connectivity index (χ0n) is 19.4. The predicted octanol–water partition coefficient (Wildman–Crippen LogP) is 4.74. The van der Waals surface area contributed by atoms with Gasteiger partial charge in [0.25, 0.3) is 5.56 Å². The molecule has 10 heteroatoms. The van der Waals surface area contributed by atoms with E-state index in [0.29, 0.717) is 20.6 Å². The summed E-state index contributed by atoms with van der Waals surface area (Å²) < 4.78 is 14.9. The monoisotopic (exact) mass is 732 g/mol. The molecule has 3 aromatic rings. The molecule has 0 saturated heterocycles. The second kappa shape index (κ2) is 11.2. The average Bonchev–Trinajstić information content (AvgIpc) is 3.12. The highest BCUT2D eigenvalue weighted by Gasteiger charge is 2.33. The smallest absolute Gasteiger partial charge is 0.338 e. The third kappa shape index (κ3) is 5.25. The minimum absolute atomic E-state index is 0.192. The fourth-order valence-electron chi connectivity index (χ4n) is 3.90. The van der Waals surface area contributed by atoms with Crippen LogP contribution in [0, 0.1) is 7.14 Å². The first-order valence-corrected chi connectivity index (χ1v) is 14.9. The standard InChI is InChI=1S/C25H22I2N2O4S2/c1-5-33-24(31)20-13(2)28-25-29(21(20)15-6-8-16(34-4)9-7-15)23(30)19(35-25)12-14-10-17(26)22(32-3)18(27)11-14/h6-12,21H,5H2,1-4H3/b19-12-/t21-/m1/s1. The molecular formula is C25H22I2N2O4S2. The second-order valence-corrected chi connectivity index (χ2v) is 11.8. The Balaban J connectivity index is 1.93. The quantitative estimate of drug-likeness (QED) is 0.208. The molecule has 0 aliphatic carbocycles. The fourth-order valence-corrected chi connectivity index (χ4v) is 7.61. The van der Waals surface area contributed by atoms with Crippen molar-refractivity contribution in [3.05, 3.63) is 85.6 Å². The highest BCUT2D eigenvalue weighted by molar-refractivity contribution is 14.1. The Bertz CT molecular complexity index is 1480. The van der Waals surface area contributed by atoms with E-state index < -0.39 is 12.0 Å². The van der Waals surface area contributed by atoms with Crippen molar-refractivity contribution in [1.29, 1.82) is 0 Å². The van der Waals surface area contributed by atoms with Crippen molar-refractivity contribution in [1.82, 2.24) is 4.57 Å². The van der Waals surface area contributed by atoms with Crippen LogP contribution < -0.4 is 19.6 Å². The van der Waals surface area contributed by atoms with E-state index in [0.717, 1.165) is 28.9 Å². The van der Waals surface area contributed by atoms with Crippen molar-refractivity contribution in [2.75, 3.05) is 20.0 Å². The third-order valence-corrected chi connectivity index (χ3v) is 8.80. The van der Waals surface area contributed by atoms with Crippen LogP contribution in [-0.4, -0.2) is 30.5 Å². The predicted molar refractivity (Wildman–Crippen MR) is 157 cm³/mol. The molecule has 0 spiro atoms. The summed E-state index contributed by atoms with van der Waals surface area (Å²) in [6, 6.07) is 11.3. The van der Waals surface area contributed by atoms with Crippen LogP contribution in [0.15, 0.2) is 62.4 Å². The van der Waals surface area contributed by atoms with E-state index in [2.05, 4.69) is 50.2 Å². The summed E-state index contributed by atoms with van der Waals surface area (Å²) in [5.74, 6) is 0.356. The first-order valence-electron chi connectivity index (χ1n) is 10.7. The number of allylic oxidation sites excluding steroid dienone is 1. The van der Waals surface area contributed by atoms with Crippen molar-refractivity contribution in [2.45, 2.75) is 24.8 Å². The second-order valence-electron chi connectivity index (χ2n) is 7.59. The lowest BCUT2D eigenvalue weighted by atomic mass is 9.96. The van der Waals surface area contributed by atoms with Gasteiger partial charge in [-0.15, -0.1) is 11.8 Å². The molecule has 4 rings (SSSR count). The molecule has 1 aliphatic heterocycles. The van der Waals surface area contributed by atoms with Crippen LogP contribution in [-0.2, 0) is 9.53 Å². The first kappa shape index (κ1) is 26.4. The molecule has 1 aromatic heterocycles. The van der Waals surface area contributed by atoms with Crippen LogP contribution in [0.5, 0.6) is 5.75 Å². The number of thiazole rings is 1. The Morgan fingerprint density at radius 2 is 1.89 bits per heavy atom. The SMILES string of the molecule is CCOC(=O)C1=C(C)N=c2s/c(=C\c3cc(I)c(OC)c(I)c3)c(=O)n2[C@@H]1c1ccc(SC)cc1. The van der Waals surface area contributed by atoms with Gasteiger partial charge in [-0.3, -0.25) is 9.36 Å². The molecule has 0 fully saturated rings. The summed E-state index contributed by atoms with van der Waals surface area (Å²) >= 11 is 7.41. The number of carbonyl (C=O) groups excluding carboxylic acids is 1. The summed E-state index contributed by atoms with van der Waals surface area (Å²) in [5.41, 5.74) is 2.48. The van der Waals surface area contributed by atoms with Crippen LogP contribution >= 0.6 is 68.3 Å². The number of thioether (sulfide) groups is 1. The Morgan fingerprint density at radius 3 is 2.46 bits per heavy atom. The Kier molecular flexibility index (Phi) is 8.44. The van der Waals surface area contributed by atoms with Crippen molar-refractivity contribution in [3.8, 4) is 5.75 Å². The van der Waals surface area contributed by atoms with E-state index in [1.165, 1.54) is 11.3 Å². The third-order valence-electron chi connectivity index (χ3n) is 5.47. The molecule has 0 unspecified atom stereocenters. The molecule has 2 aromatic carbocycles. The minimum atomic E-state index is -0.612. The number of fused-ring (bicyclic) bond motifs is 1. The summed E-state index contributed by atoms with van der Waals surface area (Å²) in [7, 11) is 1.65. The molecule has 0 N–H and O–H groups in total. The zero-order valence-corrected chi connectivity index (χ0v) is 25.4. The number of ether oxygens (including phenoxy) is 2. The summed E-state index contributed by atoms with van der Waals surface area (Å²) in [4.78, 5) is 33.0. The Morgan fingerprint density at radius 1 is 1.23 bits per heavy atom. The van der Waals surface area contributed by atoms with Gasteiger partial charge in [-0.1, -0.05) is 23.5 Å². The number of rotatable bonds is 6. The zero-order chi connectivity index (χ0) is 25.3. The van der Waals surface area contributed by atoms with Crippen LogP contribution in [0.3, 0.4) is 0 Å². The van der Waals surface area contributed by atoms with Crippen LogP contribution in [0.25, 0.3) is 6.08 Å². The number of carbonyl (C=O) groups is 1. The van der Waals surface area contributed by atoms with E-state index in [9.17, 15) is 9.59 Å². The van der Waals surface area contributed by atoms with Gasteiger partial charge in [0.1, 0.15) is 5.75 Å². The highest BCUT2D eigenvalue weighted by Crippen LogP contribution is 2.32. The molecule has 1 aliphatic rings. The van der Waals surface area contributed by atoms with Gasteiger partial charge in [-0.25, -0.2) is 9.79 Å². The number of nitrogens with zero attached hydrogens (tertiary/aromatic N) is 2. The molecule has 6 nitrogen and oxygen atoms in total. The van der Waals surface area contributed by atoms with Gasteiger partial charge < -0.3 is 9.47 Å². The average molecular weight is 732 g/mol. The molecule has 0 amide bonds. The van der Waals surface area contributed by atoms with Crippen molar-refractivity contribution < 1.29 is 14.3 Å². The number of hydrogen-bond donors (Lipinski definition) is 0. The van der Waals surface area contributed by atoms with E-state index in [1.54, 1.807) is 37.3 Å². The summed E-state index contributed by atoms with van der Waals surface area (Å²) in [6.45, 7) is 3.80. The van der Waals surface area contributed by atoms with Gasteiger partial charge in [-0.05, 0) is 107 Å². The van der Waals surface area contributed by atoms with Gasteiger partial charge in [0.2, 0.25) is 0 Å². The molecular weight excluding hydrogens is 710 g/mol. The lowest BCUT2D eigenvalue weighted by Gasteiger charge is -2.24. The topological polar surface area (TPSA) is 69.9 Å². The van der Waals surface area contributed by atoms with Crippen molar-refractivity contribution >= 4 is 80.3 Å². The molecule has 35 heavy (non-hydrogen) atoms. The van der Waals surface area contributed by atoms with Gasteiger partial charge in [0.05, 0.1) is 42.7 Å². The van der Waals surface area contributed by atoms with Crippen molar-refractivity contribution in [3.63, 3.8) is 0 Å². The number of methoxy groups -OCH3 is 1. The molecule has 1 atom stereocenters. The van der Waals surface area contributed by atoms with E-state index >= 15 is 0 Å². The maximum Gasteiger partial charge on any atom is 0.338 e. The molecule has 0 radical (unpaired) electrons. The largest absolute Gasteiger partial charge is 0.495 e. The van der Waals surface area contributed by atoms with E-state index in [1.807, 2.05) is 48.7 Å². The fraction of sp³-hybridized carbons (Fsp3) is 0.240. The highest BCUT2D eigenvalue weighted by atomic mass is 127. The lowest BCUT2D eigenvalue weighted by molar-refractivity contribution is -0.139. The molecule has 2 heterocycles. The number of halogens is 2. The maximum absolute atomic E-state index is 13.7. The van der Waals surface area contributed by atoms with Gasteiger partial charge in [-0.2, -0.15) is 0 Å². The number of benzene rings is 2. The van der Waals surface area contributed by atoms with Crippen molar-refractivity contribution in [2.24, 2.45) is 4.99 Å². The molecule has 182 valence electrons. The minimum Gasteiger partial charge on any atom is -0.495 e. The Labute approximate surface area is 238 Å².